The Hall–Kier alpha value is -4.48. The third kappa shape index (κ3) is 6.74. The molecular formula is C34H18F6N4S5. The Kier molecular flexibility index (Phi) is 9.82. The van der Waals surface area contributed by atoms with Gasteiger partial charge >= 0.3 is 12.4 Å². The summed E-state index contributed by atoms with van der Waals surface area (Å²) >= 11 is 4.79. The summed E-state index contributed by atoms with van der Waals surface area (Å²) < 4.78 is 87.8. The molecule has 0 aliphatic heterocycles. The molecule has 0 N–H and O–H groups in total. The van der Waals surface area contributed by atoms with Crippen molar-refractivity contribution in [3.05, 3.63) is 78.5 Å². The fraction of sp³-hybridized carbons (Fsp3) is 0.176. The smallest absolute Gasteiger partial charge is 0.192 e. The van der Waals surface area contributed by atoms with Gasteiger partial charge in [-0.2, -0.15) is 47.4 Å². The van der Waals surface area contributed by atoms with Gasteiger partial charge < -0.3 is 0 Å². The van der Waals surface area contributed by atoms with Gasteiger partial charge in [0.05, 0.1) is 20.9 Å². The third-order valence-electron chi connectivity index (χ3n) is 7.58. The molecule has 0 aromatic carbocycles. The Balaban J connectivity index is 1.66. The third-order valence-corrected chi connectivity index (χ3v) is 14.3. The molecule has 0 spiro atoms. The van der Waals surface area contributed by atoms with Crippen molar-refractivity contribution in [2.45, 2.75) is 40.0 Å². The number of hydrogen-bond acceptors (Lipinski definition) is 9. The van der Waals surface area contributed by atoms with Crippen LogP contribution < -0.4 is 0 Å². The van der Waals surface area contributed by atoms with Crippen molar-refractivity contribution in [1.82, 2.24) is 0 Å². The molecule has 0 saturated heterocycles. The number of rotatable bonds is 6. The van der Waals surface area contributed by atoms with Gasteiger partial charge in [0, 0.05) is 39.0 Å². The Morgan fingerprint density at radius 2 is 0.796 bits per heavy atom. The van der Waals surface area contributed by atoms with E-state index in [1.54, 1.807) is 64.1 Å². The van der Waals surface area contributed by atoms with E-state index >= 15 is 0 Å². The second-order valence-corrected chi connectivity index (χ2v) is 15.8. The number of halogens is 6. The van der Waals surface area contributed by atoms with E-state index in [-0.39, 0.29) is 20.9 Å². The molecule has 0 fully saturated rings. The van der Waals surface area contributed by atoms with Crippen molar-refractivity contribution in [3.63, 3.8) is 0 Å². The zero-order chi connectivity index (χ0) is 36.0. The highest BCUT2D eigenvalue weighted by atomic mass is 32.1. The number of allylic oxidation sites excluding steroid dienone is 2. The molecular weight excluding hydrogens is 739 g/mol. The van der Waals surface area contributed by atoms with E-state index in [0.717, 1.165) is 44.9 Å². The summed E-state index contributed by atoms with van der Waals surface area (Å²) in [6.07, 6.45) is -7.79. The van der Waals surface area contributed by atoms with E-state index in [0.29, 0.717) is 40.6 Å². The number of thiophene rings is 5. The molecule has 15 heteroatoms. The molecule has 0 amide bonds. The quantitative estimate of drug-likeness (QED) is 0.127. The van der Waals surface area contributed by atoms with Crippen LogP contribution in [0.3, 0.4) is 0 Å². The first-order chi connectivity index (χ1) is 23.0. The Bertz CT molecular complexity index is 2160. The minimum Gasteiger partial charge on any atom is -0.192 e. The average Bonchev–Trinajstić information content (AvgIpc) is 3.87. The van der Waals surface area contributed by atoms with E-state index in [2.05, 4.69) is 0 Å². The molecule has 0 saturated carbocycles. The molecule has 246 valence electrons. The maximum absolute atomic E-state index is 14.6. The minimum atomic E-state index is -5.32. The molecule has 0 atom stereocenters. The molecule has 0 unspecified atom stereocenters. The Morgan fingerprint density at radius 1 is 0.490 bits per heavy atom. The molecule has 5 aromatic heterocycles. The number of alkyl halides is 6. The number of hydrogen-bond donors (Lipinski definition) is 0. The summed E-state index contributed by atoms with van der Waals surface area (Å²) in [6, 6.07) is 13.1. The van der Waals surface area contributed by atoms with Crippen molar-refractivity contribution < 1.29 is 26.3 Å². The Labute approximate surface area is 296 Å². The molecule has 49 heavy (non-hydrogen) atoms. The first-order valence-electron chi connectivity index (χ1n) is 13.8. The summed E-state index contributed by atoms with van der Waals surface area (Å²) in [5.41, 5.74) is -0.615. The number of nitriles is 4. The van der Waals surface area contributed by atoms with Gasteiger partial charge in [-0.3, -0.25) is 0 Å². The fourth-order valence-corrected chi connectivity index (χ4v) is 11.3. The number of nitrogens with zero attached hydrogens (tertiary/aromatic N) is 4. The maximum atomic E-state index is 14.6. The SMILES string of the molecule is Cc1c(C=C(C#N)C#N)sc(-c2ccc(-c3sc(-c4ccc(-c5sc(C=C(C#N)C#N)c(C)c5C)s4)c(C(F)(F)F)c3C(F)(F)F)s2)c1C. The highest BCUT2D eigenvalue weighted by Gasteiger charge is 2.49. The lowest BCUT2D eigenvalue weighted by atomic mass is 10.1. The van der Waals surface area contributed by atoms with Crippen LogP contribution in [-0.4, -0.2) is 0 Å². The van der Waals surface area contributed by atoms with Gasteiger partial charge in [0.15, 0.2) is 0 Å². The van der Waals surface area contributed by atoms with Crippen LogP contribution in [-0.2, 0) is 12.4 Å². The summed E-state index contributed by atoms with van der Waals surface area (Å²) in [6.45, 7) is 7.15. The maximum Gasteiger partial charge on any atom is 0.418 e. The monoisotopic (exact) mass is 756 g/mol. The lowest BCUT2D eigenvalue weighted by Crippen LogP contribution is -2.15. The largest absolute Gasteiger partial charge is 0.418 e. The molecule has 0 radical (unpaired) electrons. The molecule has 0 aliphatic rings. The minimum absolute atomic E-state index is 0.0186. The lowest BCUT2D eigenvalue weighted by molar-refractivity contribution is -0.160. The van der Waals surface area contributed by atoms with Gasteiger partial charge in [0.25, 0.3) is 0 Å². The average molecular weight is 757 g/mol. The fourth-order valence-electron chi connectivity index (χ4n) is 4.91. The van der Waals surface area contributed by atoms with Gasteiger partial charge in [-0.1, -0.05) is 0 Å². The van der Waals surface area contributed by atoms with Crippen LogP contribution in [0.2, 0.25) is 0 Å². The molecule has 5 aromatic rings. The lowest BCUT2D eigenvalue weighted by Gasteiger charge is -2.14. The van der Waals surface area contributed by atoms with Crippen molar-refractivity contribution in [1.29, 1.82) is 21.0 Å². The van der Waals surface area contributed by atoms with Crippen LogP contribution in [0.4, 0.5) is 26.3 Å². The van der Waals surface area contributed by atoms with Crippen molar-refractivity contribution in [2.24, 2.45) is 0 Å². The van der Waals surface area contributed by atoms with Crippen LogP contribution in [0.1, 0.15) is 43.1 Å². The van der Waals surface area contributed by atoms with E-state index in [4.69, 9.17) is 21.0 Å². The van der Waals surface area contributed by atoms with Crippen LogP contribution in [0.15, 0.2) is 35.4 Å². The van der Waals surface area contributed by atoms with Gasteiger partial charge in [0.2, 0.25) is 0 Å². The van der Waals surface area contributed by atoms with Gasteiger partial charge in [-0.05, 0) is 86.4 Å². The summed E-state index contributed by atoms with van der Waals surface area (Å²) in [5.74, 6) is 0. The van der Waals surface area contributed by atoms with Gasteiger partial charge in [0.1, 0.15) is 35.4 Å². The predicted octanol–water partition coefficient (Wildman–Crippen LogP) is 12.8. The van der Waals surface area contributed by atoms with E-state index < -0.39 is 33.2 Å². The van der Waals surface area contributed by atoms with Crippen molar-refractivity contribution in [2.75, 3.05) is 0 Å². The highest BCUT2D eigenvalue weighted by Crippen LogP contribution is 2.57. The molecule has 0 aliphatic carbocycles. The van der Waals surface area contributed by atoms with Gasteiger partial charge in [-0.15, -0.1) is 56.7 Å². The first kappa shape index (κ1) is 35.8. The topological polar surface area (TPSA) is 95.2 Å². The normalized spacial score (nSPS) is 11.4. The van der Waals surface area contributed by atoms with Gasteiger partial charge in [-0.25, -0.2) is 0 Å². The van der Waals surface area contributed by atoms with Crippen LogP contribution in [0, 0.1) is 73.0 Å². The van der Waals surface area contributed by atoms with Crippen LogP contribution in [0.25, 0.3) is 51.2 Å². The van der Waals surface area contributed by atoms with E-state index in [1.165, 1.54) is 47.0 Å². The van der Waals surface area contributed by atoms with Crippen LogP contribution in [0.5, 0.6) is 0 Å². The van der Waals surface area contributed by atoms with Crippen molar-refractivity contribution in [3.8, 4) is 63.3 Å². The molecule has 5 heterocycles. The summed E-state index contributed by atoms with van der Waals surface area (Å²) in [4.78, 5) is 2.62. The Morgan fingerprint density at radius 3 is 1.08 bits per heavy atom. The van der Waals surface area contributed by atoms with Crippen molar-refractivity contribution >= 4 is 68.8 Å². The van der Waals surface area contributed by atoms with E-state index in [1.807, 2.05) is 0 Å². The second kappa shape index (κ2) is 13.4. The second-order valence-electron chi connectivity index (χ2n) is 10.5. The molecule has 5 rings (SSSR count). The first-order valence-corrected chi connectivity index (χ1v) is 17.9. The predicted molar refractivity (Wildman–Crippen MR) is 185 cm³/mol. The zero-order valence-corrected chi connectivity index (χ0v) is 29.6. The summed E-state index contributed by atoms with van der Waals surface area (Å²) in [5, 5.41) is 36.6. The van der Waals surface area contributed by atoms with E-state index in [9.17, 15) is 26.3 Å². The zero-order valence-electron chi connectivity index (χ0n) is 25.6. The molecule has 4 nitrogen and oxygen atoms in total. The molecule has 0 bridgehead atoms. The highest BCUT2D eigenvalue weighted by molar-refractivity contribution is 7.30. The standard InChI is InChI=1S/C34H18F6N4S5/c1-15-17(3)29(47-25(15)9-19(11-41)12-42)21-5-7-23(45-21)31-27(33(35,36)37)28(34(38,39)40)32(49-31)24-8-6-22(46-24)30-18(4)16(2)26(48-30)10-20(13-43)14-44/h5-10H,1-4H3. The van der Waals surface area contributed by atoms with Crippen LogP contribution >= 0.6 is 56.7 Å². The summed E-state index contributed by atoms with van der Waals surface area (Å²) in [7, 11) is 0.